The summed E-state index contributed by atoms with van der Waals surface area (Å²) in [6, 6.07) is 11.5. The molecule has 3 N–H and O–H groups in total. The fraction of sp³-hybridized carbons (Fsp3) is 0.217. The standard InChI is InChI=1S/C23H22Cl2FN3O2/c1-12(2)29-23(30)15-6-4-14(5-7-15)16-10-19(22(27)28-11-16)31-13(3)20-17(24)8-9-18(26)21(20)25/h4-13H,1-3H3,(H2,27,28)(H,29,30). The highest BCUT2D eigenvalue weighted by molar-refractivity contribution is 6.36. The van der Waals surface area contributed by atoms with E-state index in [4.69, 9.17) is 33.7 Å². The molecular formula is C23H22Cl2FN3O2. The molecule has 0 aliphatic heterocycles. The van der Waals surface area contributed by atoms with E-state index in [9.17, 15) is 9.18 Å². The zero-order valence-electron chi connectivity index (χ0n) is 17.2. The van der Waals surface area contributed by atoms with Gasteiger partial charge >= 0.3 is 0 Å². The number of nitrogens with two attached hydrogens (primary N) is 1. The van der Waals surface area contributed by atoms with Gasteiger partial charge in [0.1, 0.15) is 11.9 Å². The Morgan fingerprint density at radius 1 is 1.10 bits per heavy atom. The van der Waals surface area contributed by atoms with Crippen LogP contribution in [-0.2, 0) is 0 Å². The summed E-state index contributed by atoms with van der Waals surface area (Å²) >= 11 is 12.3. The average molecular weight is 462 g/mol. The second-order valence-electron chi connectivity index (χ2n) is 7.33. The maximum atomic E-state index is 13.9. The first-order valence-corrected chi connectivity index (χ1v) is 10.4. The van der Waals surface area contributed by atoms with E-state index in [1.165, 1.54) is 12.1 Å². The lowest BCUT2D eigenvalue weighted by Crippen LogP contribution is -2.29. The van der Waals surface area contributed by atoms with Crippen LogP contribution in [0.25, 0.3) is 11.1 Å². The molecule has 0 radical (unpaired) electrons. The number of hydrogen-bond acceptors (Lipinski definition) is 4. The maximum absolute atomic E-state index is 13.9. The van der Waals surface area contributed by atoms with E-state index in [1.807, 2.05) is 26.0 Å². The van der Waals surface area contributed by atoms with Gasteiger partial charge in [-0.15, -0.1) is 0 Å². The van der Waals surface area contributed by atoms with Gasteiger partial charge in [-0.1, -0.05) is 35.3 Å². The Morgan fingerprint density at radius 3 is 2.42 bits per heavy atom. The van der Waals surface area contributed by atoms with Gasteiger partial charge in [-0.05, 0) is 56.7 Å². The molecule has 0 aliphatic rings. The summed E-state index contributed by atoms with van der Waals surface area (Å²) in [7, 11) is 0. The SMILES string of the molecule is CC(C)NC(=O)c1ccc(-c2cnc(N)c(OC(C)c3c(Cl)ccc(F)c3Cl)c2)cc1. The smallest absolute Gasteiger partial charge is 0.251 e. The van der Waals surface area contributed by atoms with Gasteiger partial charge < -0.3 is 15.8 Å². The second-order valence-corrected chi connectivity index (χ2v) is 8.11. The van der Waals surface area contributed by atoms with Crippen molar-refractivity contribution >= 4 is 34.9 Å². The van der Waals surface area contributed by atoms with Crippen LogP contribution in [0.1, 0.15) is 42.8 Å². The van der Waals surface area contributed by atoms with Crippen molar-refractivity contribution in [2.24, 2.45) is 0 Å². The Labute approximate surface area is 190 Å². The molecule has 8 heteroatoms. The largest absolute Gasteiger partial charge is 0.482 e. The Balaban J connectivity index is 1.86. The van der Waals surface area contributed by atoms with Gasteiger partial charge in [0.15, 0.2) is 11.6 Å². The minimum Gasteiger partial charge on any atom is -0.482 e. The average Bonchev–Trinajstić information content (AvgIpc) is 2.72. The monoisotopic (exact) mass is 461 g/mol. The van der Waals surface area contributed by atoms with Crippen molar-refractivity contribution < 1.29 is 13.9 Å². The molecule has 1 heterocycles. The van der Waals surface area contributed by atoms with E-state index >= 15 is 0 Å². The van der Waals surface area contributed by atoms with Crippen LogP contribution < -0.4 is 15.8 Å². The van der Waals surface area contributed by atoms with Gasteiger partial charge in [0.2, 0.25) is 0 Å². The lowest BCUT2D eigenvalue weighted by atomic mass is 10.0. The summed E-state index contributed by atoms with van der Waals surface area (Å²) in [4.78, 5) is 16.3. The topological polar surface area (TPSA) is 77.2 Å². The summed E-state index contributed by atoms with van der Waals surface area (Å²) in [5.74, 6) is -0.244. The third-order valence-corrected chi connectivity index (χ3v) is 5.29. The van der Waals surface area contributed by atoms with Gasteiger partial charge in [0.05, 0.1) is 5.02 Å². The molecule has 31 heavy (non-hydrogen) atoms. The minimum absolute atomic E-state index is 0.0512. The van der Waals surface area contributed by atoms with Gasteiger partial charge in [-0.2, -0.15) is 0 Å². The van der Waals surface area contributed by atoms with Crippen molar-refractivity contribution in [2.75, 3.05) is 5.73 Å². The first kappa shape index (κ1) is 22.8. The zero-order chi connectivity index (χ0) is 22.7. The summed E-state index contributed by atoms with van der Waals surface area (Å²) < 4.78 is 19.8. The van der Waals surface area contributed by atoms with Gasteiger partial charge in [0.25, 0.3) is 5.91 Å². The predicted molar refractivity (Wildman–Crippen MR) is 122 cm³/mol. The third-order valence-electron chi connectivity index (χ3n) is 4.57. The van der Waals surface area contributed by atoms with E-state index in [0.29, 0.717) is 16.9 Å². The lowest BCUT2D eigenvalue weighted by molar-refractivity contribution is 0.0943. The molecule has 1 unspecified atom stereocenters. The Hall–Kier alpha value is -2.83. The highest BCUT2D eigenvalue weighted by atomic mass is 35.5. The van der Waals surface area contributed by atoms with Crippen LogP contribution in [0, 0.1) is 5.82 Å². The number of nitrogens with zero attached hydrogens (tertiary/aromatic N) is 1. The van der Waals surface area contributed by atoms with Crippen LogP contribution >= 0.6 is 23.2 Å². The highest BCUT2D eigenvalue weighted by Gasteiger charge is 2.20. The molecule has 0 saturated carbocycles. The van der Waals surface area contributed by atoms with E-state index in [2.05, 4.69) is 10.3 Å². The molecule has 5 nitrogen and oxygen atoms in total. The molecule has 1 amide bonds. The van der Waals surface area contributed by atoms with Crippen molar-refractivity contribution in [1.82, 2.24) is 10.3 Å². The molecule has 1 aromatic heterocycles. The van der Waals surface area contributed by atoms with Crippen molar-refractivity contribution in [3.63, 3.8) is 0 Å². The van der Waals surface area contributed by atoms with E-state index in [1.54, 1.807) is 31.3 Å². The van der Waals surface area contributed by atoms with Crippen molar-refractivity contribution in [3.05, 3.63) is 75.7 Å². The summed E-state index contributed by atoms with van der Waals surface area (Å²) in [6.07, 6.45) is 0.940. The number of anilines is 1. The van der Waals surface area contributed by atoms with E-state index in [-0.39, 0.29) is 27.8 Å². The molecule has 0 saturated heterocycles. The number of carbonyl (C=O) groups excluding carboxylic acids is 1. The van der Waals surface area contributed by atoms with Crippen molar-refractivity contribution in [2.45, 2.75) is 32.9 Å². The molecule has 0 fully saturated rings. The Kier molecular flexibility index (Phi) is 7.03. The number of hydrogen-bond donors (Lipinski definition) is 2. The normalized spacial score (nSPS) is 12.0. The lowest BCUT2D eigenvalue weighted by Gasteiger charge is -2.19. The van der Waals surface area contributed by atoms with Crippen LogP contribution in [0.5, 0.6) is 5.75 Å². The quantitative estimate of drug-likeness (QED) is 0.437. The van der Waals surface area contributed by atoms with Crippen LogP contribution in [0.15, 0.2) is 48.7 Å². The van der Waals surface area contributed by atoms with Gasteiger partial charge in [-0.25, -0.2) is 9.37 Å². The first-order chi connectivity index (χ1) is 14.7. The van der Waals surface area contributed by atoms with Crippen LogP contribution in [0.3, 0.4) is 0 Å². The number of amides is 1. The van der Waals surface area contributed by atoms with Crippen molar-refractivity contribution in [3.8, 4) is 16.9 Å². The number of nitrogen functional groups attached to an aromatic ring is 1. The van der Waals surface area contributed by atoms with E-state index < -0.39 is 11.9 Å². The zero-order valence-corrected chi connectivity index (χ0v) is 18.8. The third kappa shape index (κ3) is 5.27. The molecule has 0 spiro atoms. The maximum Gasteiger partial charge on any atom is 0.251 e. The molecule has 3 aromatic rings. The molecule has 0 bridgehead atoms. The van der Waals surface area contributed by atoms with Gasteiger partial charge in [0, 0.05) is 34.0 Å². The molecule has 0 aliphatic carbocycles. The number of aromatic nitrogens is 1. The number of carbonyl (C=O) groups is 1. The molecular weight excluding hydrogens is 440 g/mol. The van der Waals surface area contributed by atoms with Crippen LogP contribution in [-0.4, -0.2) is 16.9 Å². The number of nitrogens with one attached hydrogen (secondary N) is 1. The molecule has 2 aromatic carbocycles. The summed E-state index contributed by atoms with van der Waals surface area (Å²) in [5, 5.41) is 3.04. The van der Waals surface area contributed by atoms with Crippen LogP contribution in [0.2, 0.25) is 10.0 Å². The number of rotatable bonds is 6. The molecule has 162 valence electrons. The fourth-order valence-corrected chi connectivity index (χ4v) is 3.71. The summed E-state index contributed by atoms with van der Waals surface area (Å²) in [5.41, 5.74) is 8.43. The second kappa shape index (κ2) is 9.54. The predicted octanol–water partition coefficient (Wildman–Crippen LogP) is 6.05. The molecule has 3 rings (SSSR count). The summed E-state index contributed by atoms with van der Waals surface area (Å²) in [6.45, 7) is 5.50. The highest BCUT2D eigenvalue weighted by Crippen LogP contribution is 2.37. The van der Waals surface area contributed by atoms with E-state index in [0.717, 1.165) is 11.1 Å². The number of ether oxygens (including phenoxy) is 1. The number of benzene rings is 2. The first-order valence-electron chi connectivity index (χ1n) is 9.64. The number of halogens is 3. The van der Waals surface area contributed by atoms with Gasteiger partial charge in [-0.3, -0.25) is 4.79 Å². The number of pyridine rings is 1. The van der Waals surface area contributed by atoms with Crippen LogP contribution in [0.4, 0.5) is 10.2 Å². The molecule has 1 atom stereocenters. The Morgan fingerprint density at radius 2 is 1.77 bits per heavy atom. The van der Waals surface area contributed by atoms with Crippen molar-refractivity contribution in [1.29, 1.82) is 0 Å². The minimum atomic E-state index is -0.669. The Bertz CT molecular complexity index is 1100. The fourth-order valence-electron chi connectivity index (χ4n) is 3.03.